The van der Waals surface area contributed by atoms with Crippen LogP contribution in [0.15, 0.2) is 48.7 Å². The summed E-state index contributed by atoms with van der Waals surface area (Å²) in [5.41, 5.74) is 3.16. The summed E-state index contributed by atoms with van der Waals surface area (Å²) < 4.78 is 12.6. The van der Waals surface area contributed by atoms with Gasteiger partial charge >= 0.3 is 0 Å². The number of methoxy groups -OCH3 is 2. The molecule has 2 heterocycles. The zero-order valence-electron chi connectivity index (χ0n) is 17.8. The average Bonchev–Trinajstić information content (AvgIpc) is 3.36. The van der Waals surface area contributed by atoms with Crippen LogP contribution in [0.3, 0.4) is 0 Å². The Balaban J connectivity index is 1.36. The van der Waals surface area contributed by atoms with Crippen molar-refractivity contribution in [2.24, 2.45) is 7.05 Å². The molecule has 0 fully saturated rings. The largest absolute Gasteiger partial charge is 0.493 e. The van der Waals surface area contributed by atoms with Crippen LogP contribution < -0.4 is 14.8 Å². The molecule has 8 heteroatoms. The number of hydrogen-bond donors (Lipinski definition) is 2. The molecule has 0 radical (unpaired) electrons. The summed E-state index contributed by atoms with van der Waals surface area (Å²) in [5, 5.41) is 10.9. The van der Waals surface area contributed by atoms with Crippen molar-refractivity contribution in [3.8, 4) is 11.5 Å². The number of carbonyl (C=O) groups excluding carboxylic acids is 1. The number of nitrogens with one attached hydrogen (secondary N) is 2. The number of H-pyrrole nitrogens is 1. The zero-order chi connectivity index (χ0) is 21.8. The van der Waals surface area contributed by atoms with E-state index in [1.165, 1.54) is 0 Å². The normalized spacial score (nSPS) is 10.9. The van der Waals surface area contributed by atoms with Gasteiger partial charge in [0.05, 0.1) is 20.6 Å². The van der Waals surface area contributed by atoms with Crippen molar-refractivity contribution in [2.75, 3.05) is 19.5 Å². The quantitative estimate of drug-likeness (QED) is 0.457. The fourth-order valence-corrected chi connectivity index (χ4v) is 3.67. The van der Waals surface area contributed by atoms with Crippen molar-refractivity contribution in [1.82, 2.24) is 19.7 Å². The van der Waals surface area contributed by atoms with Gasteiger partial charge in [-0.25, -0.2) is 0 Å². The number of amides is 1. The molecule has 0 unspecified atom stereocenters. The second kappa shape index (κ2) is 8.91. The first-order valence-electron chi connectivity index (χ1n) is 10.0. The van der Waals surface area contributed by atoms with Crippen LogP contribution in [0.4, 0.5) is 5.95 Å². The molecule has 4 aromatic rings. The van der Waals surface area contributed by atoms with Crippen LogP contribution in [-0.2, 0) is 31.1 Å². The third-order valence-corrected chi connectivity index (χ3v) is 5.21. The van der Waals surface area contributed by atoms with Crippen LogP contribution in [0.2, 0.25) is 0 Å². The standard InChI is InChI=1S/C23H25N5O3/c1-28-14-16(17-6-4-5-7-18(17)28)13-22(29)25-23-24-21(26-27-23)11-9-15-8-10-19(30-2)20(12-15)31-3/h4-8,10,12,14H,9,11,13H2,1-3H3,(H2,24,25,26,27,29). The maximum absolute atomic E-state index is 12.5. The second-order valence-corrected chi connectivity index (χ2v) is 7.30. The second-order valence-electron chi connectivity index (χ2n) is 7.30. The molecule has 2 N–H and O–H groups in total. The molecule has 0 atom stereocenters. The number of benzene rings is 2. The Kier molecular flexibility index (Phi) is 5.88. The summed E-state index contributed by atoms with van der Waals surface area (Å²) in [6.07, 6.45) is 3.65. The van der Waals surface area contributed by atoms with Crippen molar-refractivity contribution < 1.29 is 14.3 Å². The highest BCUT2D eigenvalue weighted by Gasteiger charge is 2.13. The third-order valence-electron chi connectivity index (χ3n) is 5.21. The predicted octanol–water partition coefficient (Wildman–Crippen LogP) is 3.28. The average molecular weight is 419 g/mol. The maximum Gasteiger partial charge on any atom is 0.248 e. The molecule has 0 aliphatic rings. The van der Waals surface area contributed by atoms with E-state index in [-0.39, 0.29) is 18.3 Å². The molecule has 31 heavy (non-hydrogen) atoms. The van der Waals surface area contributed by atoms with Crippen molar-refractivity contribution in [1.29, 1.82) is 0 Å². The lowest BCUT2D eigenvalue weighted by Gasteiger charge is -2.09. The van der Waals surface area contributed by atoms with Gasteiger partial charge in [0.15, 0.2) is 11.5 Å². The van der Waals surface area contributed by atoms with Crippen LogP contribution in [0.1, 0.15) is 17.0 Å². The number of rotatable bonds is 8. The van der Waals surface area contributed by atoms with Crippen LogP contribution in [0.5, 0.6) is 11.5 Å². The molecule has 160 valence electrons. The fourth-order valence-electron chi connectivity index (χ4n) is 3.67. The molecular weight excluding hydrogens is 394 g/mol. The number of ether oxygens (including phenoxy) is 2. The fraction of sp³-hybridized carbons (Fsp3) is 0.261. The molecule has 0 spiro atoms. The first-order valence-corrected chi connectivity index (χ1v) is 10.0. The van der Waals surface area contributed by atoms with Gasteiger partial charge in [-0.05, 0) is 35.7 Å². The van der Waals surface area contributed by atoms with Gasteiger partial charge in [-0.1, -0.05) is 24.3 Å². The van der Waals surface area contributed by atoms with Gasteiger partial charge in [0.1, 0.15) is 5.82 Å². The zero-order valence-corrected chi connectivity index (χ0v) is 17.8. The number of nitrogens with zero attached hydrogens (tertiary/aromatic N) is 3. The predicted molar refractivity (Wildman–Crippen MR) is 119 cm³/mol. The van der Waals surface area contributed by atoms with Gasteiger partial charge in [0, 0.05) is 30.6 Å². The van der Waals surface area contributed by atoms with E-state index in [2.05, 4.69) is 20.5 Å². The van der Waals surface area contributed by atoms with Crippen LogP contribution in [-0.4, -0.2) is 39.9 Å². The summed E-state index contributed by atoms with van der Waals surface area (Å²) in [6, 6.07) is 13.8. The number of aromatic nitrogens is 4. The van der Waals surface area contributed by atoms with E-state index in [4.69, 9.17) is 9.47 Å². The van der Waals surface area contributed by atoms with E-state index >= 15 is 0 Å². The number of para-hydroxylation sites is 1. The Bertz CT molecular complexity index is 1210. The minimum atomic E-state index is -0.151. The number of anilines is 1. The highest BCUT2D eigenvalue weighted by Crippen LogP contribution is 2.28. The van der Waals surface area contributed by atoms with Gasteiger partial charge in [-0.3, -0.25) is 15.2 Å². The monoisotopic (exact) mass is 419 g/mol. The summed E-state index contributed by atoms with van der Waals surface area (Å²) >= 11 is 0. The Hall–Kier alpha value is -3.81. The van der Waals surface area contributed by atoms with E-state index in [0.29, 0.717) is 23.7 Å². The molecular formula is C23H25N5O3. The lowest BCUT2D eigenvalue weighted by atomic mass is 10.1. The highest BCUT2D eigenvalue weighted by molar-refractivity contribution is 5.94. The number of aryl methyl sites for hydroxylation is 3. The lowest BCUT2D eigenvalue weighted by molar-refractivity contribution is -0.115. The Morgan fingerprint density at radius 2 is 1.90 bits per heavy atom. The van der Waals surface area contributed by atoms with Crippen molar-refractivity contribution in [2.45, 2.75) is 19.3 Å². The first-order chi connectivity index (χ1) is 15.1. The molecule has 8 nitrogen and oxygen atoms in total. The topological polar surface area (TPSA) is 94.1 Å². The van der Waals surface area contributed by atoms with Crippen molar-refractivity contribution in [3.05, 3.63) is 65.6 Å². The van der Waals surface area contributed by atoms with E-state index in [9.17, 15) is 4.79 Å². The summed E-state index contributed by atoms with van der Waals surface area (Å²) in [5.74, 6) is 2.23. The highest BCUT2D eigenvalue weighted by atomic mass is 16.5. The Labute approximate surface area is 180 Å². The van der Waals surface area contributed by atoms with Crippen molar-refractivity contribution >= 4 is 22.8 Å². The lowest BCUT2D eigenvalue weighted by Crippen LogP contribution is -2.15. The molecule has 0 saturated carbocycles. The SMILES string of the molecule is COc1ccc(CCc2nc(NC(=O)Cc3cn(C)c4ccccc34)n[nH]2)cc1OC. The Morgan fingerprint density at radius 3 is 2.71 bits per heavy atom. The number of carbonyl (C=O) groups is 1. The van der Waals surface area contributed by atoms with E-state index in [1.54, 1.807) is 14.2 Å². The van der Waals surface area contributed by atoms with E-state index < -0.39 is 0 Å². The molecule has 1 amide bonds. The van der Waals surface area contributed by atoms with Gasteiger partial charge in [-0.2, -0.15) is 4.98 Å². The Morgan fingerprint density at radius 1 is 1.10 bits per heavy atom. The molecule has 0 saturated heterocycles. The molecule has 2 aromatic heterocycles. The maximum atomic E-state index is 12.5. The number of aromatic amines is 1. The van der Waals surface area contributed by atoms with Crippen LogP contribution in [0, 0.1) is 0 Å². The van der Waals surface area contributed by atoms with E-state index in [1.807, 2.05) is 60.3 Å². The van der Waals surface area contributed by atoms with Gasteiger partial charge < -0.3 is 14.0 Å². The molecule has 2 aromatic carbocycles. The minimum absolute atomic E-state index is 0.151. The van der Waals surface area contributed by atoms with E-state index in [0.717, 1.165) is 28.5 Å². The first kappa shape index (κ1) is 20.5. The van der Waals surface area contributed by atoms with Gasteiger partial charge in [0.2, 0.25) is 11.9 Å². The summed E-state index contributed by atoms with van der Waals surface area (Å²) in [6.45, 7) is 0. The summed E-state index contributed by atoms with van der Waals surface area (Å²) in [4.78, 5) is 16.9. The van der Waals surface area contributed by atoms with Crippen LogP contribution >= 0.6 is 0 Å². The molecule has 0 bridgehead atoms. The van der Waals surface area contributed by atoms with Crippen LogP contribution in [0.25, 0.3) is 10.9 Å². The molecule has 0 aliphatic heterocycles. The molecule has 0 aliphatic carbocycles. The van der Waals surface area contributed by atoms with Crippen molar-refractivity contribution in [3.63, 3.8) is 0 Å². The third kappa shape index (κ3) is 4.53. The molecule has 4 rings (SSSR count). The number of fused-ring (bicyclic) bond motifs is 1. The van der Waals surface area contributed by atoms with Gasteiger partial charge in [-0.15, -0.1) is 5.10 Å². The van der Waals surface area contributed by atoms with Gasteiger partial charge in [0.25, 0.3) is 0 Å². The smallest absolute Gasteiger partial charge is 0.248 e. The minimum Gasteiger partial charge on any atom is -0.493 e. The number of hydrogen-bond acceptors (Lipinski definition) is 5. The summed E-state index contributed by atoms with van der Waals surface area (Å²) in [7, 11) is 5.21.